The van der Waals surface area contributed by atoms with Gasteiger partial charge in [-0.3, -0.25) is 0 Å². The molecule has 0 fully saturated rings. The summed E-state index contributed by atoms with van der Waals surface area (Å²) in [5.41, 5.74) is 0. The standard InChI is InChI=1S/C9H10ClF2NO2/c1-9(11,12)5-15-8-7(10)3-6(14-2)4-13-8/h3-4H,5H2,1-2H3. The van der Waals surface area contributed by atoms with Crippen molar-refractivity contribution < 1.29 is 18.3 Å². The molecule has 1 heterocycles. The molecule has 0 bridgehead atoms. The van der Waals surface area contributed by atoms with Gasteiger partial charge in [-0.25, -0.2) is 13.8 Å². The Morgan fingerprint density at radius 3 is 2.67 bits per heavy atom. The van der Waals surface area contributed by atoms with Gasteiger partial charge in [-0.1, -0.05) is 11.6 Å². The summed E-state index contributed by atoms with van der Waals surface area (Å²) < 4.78 is 34.5. The summed E-state index contributed by atoms with van der Waals surface area (Å²) in [4.78, 5) is 3.74. The van der Waals surface area contributed by atoms with Crippen molar-refractivity contribution in [1.29, 1.82) is 0 Å². The van der Waals surface area contributed by atoms with Gasteiger partial charge in [0, 0.05) is 13.0 Å². The lowest BCUT2D eigenvalue weighted by molar-refractivity contribution is -0.0242. The van der Waals surface area contributed by atoms with Gasteiger partial charge < -0.3 is 9.47 Å². The van der Waals surface area contributed by atoms with Crippen molar-refractivity contribution in [2.45, 2.75) is 12.8 Å². The molecule has 0 atom stereocenters. The summed E-state index contributed by atoms with van der Waals surface area (Å²) in [6, 6.07) is 1.44. The highest BCUT2D eigenvalue weighted by Gasteiger charge is 2.23. The summed E-state index contributed by atoms with van der Waals surface area (Å²) >= 11 is 5.72. The zero-order chi connectivity index (χ0) is 11.5. The van der Waals surface area contributed by atoms with Crippen molar-refractivity contribution in [3.8, 4) is 11.6 Å². The molecule has 84 valence electrons. The van der Waals surface area contributed by atoms with Crippen molar-refractivity contribution >= 4 is 11.6 Å². The van der Waals surface area contributed by atoms with Crippen molar-refractivity contribution in [3.63, 3.8) is 0 Å². The van der Waals surface area contributed by atoms with E-state index in [0.29, 0.717) is 5.75 Å². The van der Waals surface area contributed by atoms with Crippen LogP contribution in [-0.2, 0) is 0 Å². The second-order valence-electron chi connectivity index (χ2n) is 3.02. The van der Waals surface area contributed by atoms with Gasteiger partial charge in [0.1, 0.15) is 10.8 Å². The Morgan fingerprint density at radius 2 is 2.20 bits per heavy atom. The second-order valence-corrected chi connectivity index (χ2v) is 3.43. The molecule has 0 aliphatic heterocycles. The van der Waals surface area contributed by atoms with E-state index < -0.39 is 12.5 Å². The maximum absolute atomic E-state index is 12.5. The molecular formula is C9H10ClF2NO2. The van der Waals surface area contributed by atoms with E-state index in [-0.39, 0.29) is 10.9 Å². The van der Waals surface area contributed by atoms with Crippen LogP contribution in [0.5, 0.6) is 11.6 Å². The first-order valence-electron chi connectivity index (χ1n) is 4.12. The van der Waals surface area contributed by atoms with Gasteiger partial charge in [0.25, 0.3) is 5.92 Å². The third-order valence-electron chi connectivity index (χ3n) is 1.48. The van der Waals surface area contributed by atoms with Crippen molar-refractivity contribution in [2.24, 2.45) is 0 Å². The molecule has 0 amide bonds. The Hall–Kier alpha value is -1.10. The van der Waals surface area contributed by atoms with E-state index in [2.05, 4.69) is 4.98 Å². The Balaban J connectivity index is 2.70. The van der Waals surface area contributed by atoms with Gasteiger partial charge in [0.05, 0.1) is 13.3 Å². The molecule has 6 heteroatoms. The molecule has 1 rings (SSSR count). The molecule has 0 saturated carbocycles. The highest BCUT2D eigenvalue weighted by atomic mass is 35.5. The third kappa shape index (κ3) is 3.87. The van der Waals surface area contributed by atoms with E-state index >= 15 is 0 Å². The minimum absolute atomic E-state index is 0.0287. The number of hydrogen-bond acceptors (Lipinski definition) is 3. The highest BCUT2D eigenvalue weighted by Crippen LogP contribution is 2.26. The number of methoxy groups -OCH3 is 1. The van der Waals surface area contributed by atoms with Crippen LogP contribution in [0.1, 0.15) is 6.92 Å². The van der Waals surface area contributed by atoms with Crippen LogP contribution in [0.15, 0.2) is 12.3 Å². The fourth-order valence-corrected chi connectivity index (χ4v) is 1.03. The Kier molecular flexibility index (Phi) is 3.68. The Labute approximate surface area is 91.0 Å². The predicted octanol–water partition coefficient (Wildman–Crippen LogP) is 2.78. The van der Waals surface area contributed by atoms with E-state index in [1.807, 2.05) is 0 Å². The number of rotatable bonds is 4. The van der Waals surface area contributed by atoms with Crippen LogP contribution in [0.3, 0.4) is 0 Å². The van der Waals surface area contributed by atoms with Crippen LogP contribution < -0.4 is 9.47 Å². The van der Waals surface area contributed by atoms with E-state index in [4.69, 9.17) is 21.1 Å². The van der Waals surface area contributed by atoms with Gasteiger partial charge in [0.2, 0.25) is 5.88 Å². The van der Waals surface area contributed by atoms with E-state index in [1.54, 1.807) is 0 Å². The first-order valence-corrected chi connectivity index (χ1v) is 4.50. The summed E-state index contributed by atoms with van der Waals surface area (Å²) in [7, 11) is 1.45. The number of alkyl halides is 2. The predicted molar refractivity (Wildman–Crippen MR) is 51.9 cm³/mol. The van der Waals surface area contributed by atoms with E-state index in [9.17, 15) is 8.78 Å². The Morgan fingerprint density at radius 1 is 1.53 bits per heavy atom. The van der Waals surface area contributed by atoms with Gasteiger partial charge in [-0.15, -0.1) is 0 Å². The zero-order valence-corrected chi connectivity index (χ0v) is 9.02. The molecule has 0 radical (unpaired) electrons. The number of hydrogen-bond donors (Lipinski definition) is 0. The summed E-state index contributed by atoms with van der Waals surface area (Å²) in [6.07, 6.45) is 1.34. The molecule has 1 aromatic heterocycles. The molecule has 0 saturated heterocycles. The van der Waals surface area contributed by atoms with Gasteiger partial charge in [-0.05, 0) is 0 Å². The lowest BCUT2D eigenvalue weighted by atomic mass is 10.4. The first-order chi connectivity index (χ1) is 6.92. The van der Waals surface area contributed by atoms with Crippen LogP contribution >= 0.6 is 11.6 Å². The van der Waals surface area contributed by atoms with Crippen molar-refractivity contribution in [2.75, 3.05) is 13.7 Å². The minimum Gasteiger partial charge on any atom is -0.495 e. The van der Waals surface area contributed by atoms with Gasteiger partial charge in [-0.2, -0.15) is 0 Å². The molecule has 0 unspecified atom stereocenters. The summed E-state index contributed by atoms with van der Waals surface area (Å²) in [5.74, 6) is -2.50. The largest absolute Gasteiger partial charge is 0.495 e. The number of pyridine rings is 1. The first kappa shape index (κ1) is 12.0. The van der Waals surface area contributed by atoms with Gasteiger partial charge >= 0.3 is 0 Å². The lowest BCUT2D eigenvalue weighted by Crippen LogP contribution is -2.21. The second kappa shape index (κ2) is 4.61. The molecule has 0 N–H and O–H groups in total. The summed E-state index contributed by atoms with van der Waals surface area (Å²) in [6.45, 7) is -0.00350. The van der Waals surface area contributed by atoms with Crippen LogP contribution in [-0.4, -0.2) is 24.6 Å². The van der Waals surface area contributed by atoms with Crippen molar-refractivity contribution in [3.05, 3.63) is 17.3 Å². The van der Waals surface area contributed by atoms with Gasteiger partial charge in [0.15, 0.2) is 6.61 Å². The Bertz CT molecular complexity index is 341. The van der Waals surface area contributed by atoms with Crippen molar-refractivity contribution in [1.82, 2.24) is 4.98 Å². The van der Waals surface area contributed by atoms with Crippen LogP contribution in [0, 0.1) is 0 Å². The number of nitrogens with zero attached hydrogens (tertiary/aromatic N) is 1. The van der Waals surface area contributed by atoms with E-state index in [1.165, 1.54) is 19.4 Å². The number of aromatic nitrogens is 1. The number of halogens is 3. The normalized spacial score (nSPS) is 11.3. The van der Waals surface area contributed by atoms with Crippen LogP contribution in [0.4, 0.5) is 8.78 Å². The fraction of sp³-hybridized carbons (Fsp3) is 0.444. The average Bonchev–Trinajstić information content (AvgIpc) is 2.14. The molecule has 1 aromatic rings. The smallest absolute Gasteiger partial charge is 0.278 e. The highest BCUT2D eigenvalue weighted by molar-refractivity contribution is 6.31. The molecular weight excluding hydrogens is 228 g/mol. The van der Waals surface area contributed by atoms with Crippen LogP contribution in [0.2, 0.25) is 5.02 Å². The third-order valence-corrected chi connectivity index (χ3v) is 1.75. The molecule has 0 spiro atoms. The monoisotopic (exact) mass is 237 g/mol. The SMILES string of the molecule is COc1cnc(OCC(C)(F)F)c(Cl)c1. The topological polar surface area (TPSA) is 31.4 Å². The quantitative estimate of drug-likeness (QED) is 0.807. The maximum atomic E-state index is 12.5. The zero-order valence-electron chi connectivity index (χ0n) is 8.26. The van der Waals surface area contributed by atoms with E-state index in [0.717, 1.165) is 6.92 Å². The molecule has 15 heavy (non-hydrogen) atoms. The molecule has 0 aliphatic carbocycles. The lowest BCUT2D eigenvalue weighted by Gasteiger charge is -2.12. The summed E-state index contributed by atoms with van der Waals surface area (Å²) in [5, 5.41) is 0.138. The molecule has 3 nitrogen and oxygen atoms in total. The molecule has 0 aromatic carbocycles. The number of ether oxygens (including phenoxy) is 2. The fourth-order valence-electron chi connectivity index (χ4n) is 0.821. The molecule has 0 aliphatic rings. The minimum atomic E-state index is -2.91. The van der Waals surface area contributed by atoms with Crippen LogP contribution in [0.25, 0.3) is 0 Å². The average molecular weight is 238 g/mol. The maximum Gasteiger partial charge on any atom is 0.278 e.